The summed E-state index contributed by atoms with van der Waals surface area (Å²) in [7, 11) is 1.60. The molecule has 0 radical (unpaired) electrons. The molecule has 0 aliphatic carbocycles. The van der Waals surface area contributed by atoms with Crippen LogP contribution >= 0.6 is 11.3 Å². The fourth-order valence-corrected chi connectivity index (χ4v) is 3.60. The lowest BCUT2D eigenvalue weighted by Gasteiger charge is -2.09. The minimum Gasteiger partial charge on any atom is -0.497 e. The number of benzene rings is 1. The molecule has 0 aliphatic heterocycles. The molecule has 0 saturated heterocycles. The highest BCUT2D eigenvalue weighted by Crippen LogP contribution is 2.28. The highest BCUT2D eigenvalue weighted by Gasteiger charge is 2.18. The smallest absolute Gasteiger partial charge is 0.256 e. The molecule has 0 spiro atoms. The van der Waals surface area contributed by atoms with Gasteiger partial charge < -0.3 is 10.1 Å². The van der Waals surface area contributed by atoms with Crippen molar-refractivity contribution in [3.05, 3.63) is 59.6 Å². The number of rotatable bonds is 5. The Labute approximate surface area is 160 Å². The summed E-state index contributed by atoms with van der Waals surface area (Å²) in [5, 5.41) is 10.0. The third-order valence-electron chi connectivity index (χ3n) is 4.25. The van der Waals surface area contributed by atoms with Gasteiger partial charge in [-0.2, -0.15) is 5.10 Å². The first-order valence-electron chi connectivity index (χ1n) is 8.55. The summed E-state index contributed by atoms with van der Waals surface area (Å²) in [6, 6.07) is 13.1. The molecule has 27 heavy (non-hydrogen) atoms. The number of aryl methyl sites for hydroxylation is 1. The van der Waals surface area contributed by atoms with E-state index in [1.807, 2.05) is 48.7 Å². The van der Waals surface area contributed by atoms with Gasteiger partial charge in [0.05, 0.1) is 34.8 Å². The van der Waals surface area contributed by atoms with Crippen molar-refractivity contribution in [3.63, 3.8) is 0 Å². The molecule has 0 bridgehead atoms. The van der Waals surface area contributed by atoms with Gasteiger partial charge in [0.2, 0.25) is 0 Å². The molecule has 0 unspecified atom stereocenters. The van der Waals surface area contributed by atoms with E-state index in [0.717, 1.165) is 16.0 Å². The third-order valence-corrected chi connectivity index (χ3v) is 5.15. The fourth-order valence-electron chi connectivity index (χ4n) is 2.92. The van der Waals surface area contributed by atoms with Crippen LogP contribution < -0.4 is 10.1 Å². The van der Waals surface area contributed by atoms with Crippen LogP contribution in [0, 0.1) is 0 Å². The lowest BCUT2D eigenvalue weighted by molar-refractivity contribution is 0.102. The summed E-state index contributed by atoms with van der Waals surface area (Å²) in [5.41, 5.74) is 2.69. The van der Waals surface area contributed by atoms with Crippen LogP contribution in [0.2, 0.25) is 0 Å². The average molecular weight is 378 g/mol. The number of amides is 1. The summed E-state index contributed by atoms with van der Waals surface area (Å²) < 4.78 is 7.03. The van der Waals surface area contributed by atoms with Crippen LogP contribution in [0.15, 0.2) is 54.0 Å². The van der Waals surface area contributed by atoms with Crippen LogP contribution in [0.3, 0.4) is 0 Å². The zero-order valence-electron chi connectivity index (χ0n) is 15.0. The number of thiophene rings is 1. The number of hydrogen-bond donors (Lipinski definition) is 1. The first-order valence-corrected chi connectivity index (χ1v) is 9.43. The van der Waals surface area contributed by atoms with Crippen molar-refractivity contribution in [1.29, 1.82) is 0 Å². The van der Waals surface area contributed by atoms with Gasteiger partial charge >= 0.3 is 0 Å². The molecule has 0 fully saturated rings. The summed E-state index contributed by atoms with van der Waals surface area (Å²) in [6.07, 6.45) is 1.70. The van der Waals surface area contributed by atoms with Gasteiger partial charge in [-0.1, -0.05) is 12.1 Å². The maximum absolute atomic E-state index is 13.0. The lowest BCUT2D eigenvalue weighted by atomic mass is 10.1. The van der Waals surface area contributed by atoms with Gasteiger partial charge in [-0.25, -0.2) is 9.67 Å². The Balaban J connectivity index is 1.79. The molecule has 4 rings (SSSR count). The van der Waals surface area contributed by atoms with E-state index in [1.165, 1.54) is 0 Å². The van der Waals surface area contributed by atoms with Crippen molar-refractivity contribution in [2.75, 3.05) is 12.4 Å². The molecule has 0 saturated carbocycles. The second kappa shape index (κ2) is 7.20. The van der Waals surface area contributed by atoms with Gasteiger partial charge in [0.15, 0.2) is 5.65 Å². The molecule has 136 valence electrons. The summed E-state index contributed by atoms with van der Waals surface area (Å²) in [5.74, 6) is 0.481. The van der Waals surface area contributed by atoms with Crippen LogP contribution in [-0.2, 0) is 6.54 Å². The number of methoxy groups -OCH3 is 1. The quantitative estimate of drug-likeness (QED) is 0.557. The first-order chi connectivity index (χ1) is 13.2. The summed E-state index contributed by atoms with van der Waals surface area (Å²) >= 11 is 1.59. The van der Waals surface area contributed by atoms with E-state index in [2.05, 4.69) is 10.4 Å². The van der Waals surface area contributed by atoms with Gasteiger partial charge in [0, 0.05) is 18.3 Å². The fraction of sp³-hybridized carbons (Fsp3) is 0.150. The second-order valence-electron chi connectivity index (χ2n) is 5.92. The lowest BCUT2D eigenvalue weighted by Crippen LogP contribution is -2.13. The number of pyridine rings is 1. The molecule has 0 atom stereocenters. The zero-order valence-corrected chi connectivity index (χ0v) is 15.8. The molecule has 0 aliphatic rings. The van der Waals surface area contributed by atoms with Crippen LogP contribution in [0.25, 0.3) is 21.6 Å². The van der Waals surface area contributed by atoms with Gasteiger partial charge in [-0.15, -0.1) is 11.3 Å². The van der Waals surface area contributed by atoms with Crippen molar-refractivity contribution in [3.8, 4) is 16.3 Å². The van der Waals surface area contributed by atoms with Crippen molar-refractivity contribution >= 4 is 34.0 Å². The standard InChI is InChI=1S/C20H18N4O2S/c1-3-24-19-16(12-21-24)15(11-17(23-19)18-8-5-9-27-18)20(25)22-13-6-4-7-14(10-13)26-2/h4-12H,3H2,1-2H3,(H,22,25). The monoisotopic (exact) mass is 378 g/mol. The van der Waals surface area contributed by atoms with E-state index in [4.69, 9.17) is 9.72 Å². The molecule has 1 aromatic carbocycles. The van der Waals surface area contributed by atoms with E-state index in [1.54, 1.807) is 35.4 Å². The minimum absolute atomic E-state index is 0.205. The first kappa shape index (κ1) is 17.2. The number of aromatic nitrogens is 3. The van der Waals surface area contributed by atoms with Crippen LogP contribution in [0.5, 0.6) is 5.75 Å². The number of fused-ring (bicyclic) bond motifs is 1. The van der Waals surface area contributed by atoms with Gasteiger partial charge in [-0.3, -0.25) is 4.79 Å². The predicted octanol–water partition coefficient (Wildman–Crippen LogP) is 4.44. The minimum atomic E-state index is -0.205. The Morgan fingerprint density at radius 1 is 1.26 bits per heavy atom. The second-order valence-corrected chi connectivity index (χ2v) is 6.86. The highest BCUT2D eigenvalue weighted by atomic mass is 32.1. The number of carbonyl (C=O) groups is 1. The van der Waals surface area contributed by atoms with Crippen molar-refractivity contribution in [2.45, 2.75) is 13.5 Å². The number of hydrogen-bond acceptors (Lipinski definition) is 5. The topological polar surface area (TPSA) is 69.0 Å². The Morgan fingerprint density at radius 2 is 2.15 bits per heavy atom. The summed E-state index contributed by atoms with van der Waals surface area (Å²) in [6.45, 7) is 2.68. The van der Waals surface area contributed by atoms with E-state index in [-0.39, 0.29) is 5.91 Å². The van der Waals surface area contributed by atoms with E-state index < -0.39 is 0 Å². The molecule has 6 nitrogen and oxygen atoms in total. The van der Waals surface area contributed by atoms with Crippen molar-refractivity contribution < 1.29 is 9.53 Å². The number of anilines is 1. The number of nitrogens with zero attached hydrogens (tertiary/aromatic N) is 3. The molecular weight excluding hydrogens is 360 g/mol. The number of ether oxygens (including phenoxy) is 1. The van der Waals surface area contributed by atoms with Crippen molar-refractivity contribution in [2.24, 2.45) is 0 Å². The maximum atomic E-state index is 13.0. The Hall–Kier alpha value is -3.19. The molecule has 7 heteroatoms. The van der Waals surface area contributed by atoms with Crippen LogP contribution in [0.4, 0.5) is 5.69 Å². The average Bonchev–Trinajstić information content (AvgIpc) is 3.36. The van der Waals surface area contributed by atoms with Gasteiger partial charge in [0.1, 0.15) is 5.75 Å². The van der Waals surface area contributed by atoms with E-state index >= 15 is 0 Å². The Kier molecular flexibility index (Phi) is 4.60. The van der Waals surface area contributed by atoms with E-state index in [0.29, 0.717) is 29.2 Å². The predicted molar refractivity (Wildman–Crippen MR) is 107 cm³/mol. The van der Waals surface area contributed by atoms with Gasteiger partial charge in [-0.05, 0) is 36.6 Å². The van der Waals surface area contributed by atoms with Crippen LogP contribution in [-0.4, -0.2) is 27.8 Å². The SMILES string of the molecule is CCn1ncc2c(C(=O)Nc3cccc(OC)c3)cc(-c3cccs3)nc21. The molecule has 4 aromatic rings. The molecule has 3 aromatic heterocycles. The Morgan fingerprint density at radius 3 is 2.89 bits per heavy atom. The third kappa shape index (κ3) is 3.29. The summed E-state index contributed by atoms with van der Waals surface area (Å²) in [4.78, 5) is 18.8. The molecule has 1 N–H and O–H groups in total. The van der Waals surface area contributed by atoms with Crippen LogP contribution in [0.1, 0.15) is 17.3 Å². The van der Waals surface area contributed by atoms with Crippen molar-refractivity contribution in [1.82, 2.24) is 14.8 Å². The Bertz CT molecular complexity index is 1100. The largest absolute Gasteiger partial charge is 0.497 e. The highest BCUT2D eigenvalue weighted by molar-refractivity contribution is 7.13. The molecule has 1 amide bonds. The van der Waals surface area contributed by atoms with Gasteiger partial charge in [0.25, 0.3) is 5.91 Å². The normalized spacial score (nSPS) is 10.9. The zero-order chi connectivity index (χ0) is 18.8. The number of nitrogens with one attached hydrogen (secondary N) is 1. The van der Waals surface area contributed by atoms with E-state index in [9.17, 15) is 4.79 Å². The molecule has 3 heterocycles. The number of carbonyl (C=O) groups excluding carboxylic acids is 1. The molecular formula is C20H18N4O2S. The maximum Gasteiger partial charge on any atom is 0.256 e.